The van der Waals surface area contributed by atoms with E-state index in [0.717, 1.165) is 18.2 Å². The van der Waals surface area contributed by atoms with Gasteiger partial charge in [-0.1, -0.05) is 37.3 Å². The first-order chi connectivity index (χ1) is 17.0. The minimum absolute atomic E-state index is 0.112. The minimum atomic E-state index is -0.295. The standard InChI is InChI=1S/C29H30N2O4/c1-4-20-8-10-21(11-9-20)12-13-23-16-22-14-15-26(35-3)18-27(22)31(29(23)33)19-28(32)30-24-6-5-7-25(17-24)34-2/h5-11,14-18H,4,12-13,19H2,1-3H3,(H,30,32). The fourth-order valence-corrected chi connectivity index (χ4v) is 4.14. The van der Waals surface area contributed by atoms with Gasteiger partial charge in [-0.3, -0.25) is 14.2 Å². The molecule has 180 valence electrons. The molecule has 0 saturated heterocycles. The summed E-state index contributed by atoms with van der Waals surface area (Å²) in [7, 11) is 3.15. The summed E-state index contributed by atoms with van der Waals surface area (Å²) in [5.41, 5.74) is 4.24. The number of ether oxygens (including phenoxy) is 2. The monoisotopic (exact) mass is 470 g/mol. The summed E-state index contributed by atoms with van der Waals surface area (Å²) >= 11 is 0. The second-order valence-corrected chi connectivity index (χ2v) is 8.44. The Hall–Kier alpha value is -4.06. The maximum absolute atomic E-state index is 13.5. The van der Waals surface area contributed by atoms with Gasteiger partial charge in [0.2, 0.25) is 5.91 Å². The van der Waals surface area contributed by atoms with Crippen LogP contribution in [0.2, 0.25) is 0 Å². The van der Waals surface area contributed by atoms with E-state index in [1.807, 2.05) is 18.2 Å². The third-order valence-corrected chi connectivity index (χ3v) is 6.15. The van der Waals surface area contributed by atoms with Crippen LogP contribution in [0.5, 0.6) is 11.5 Å². The Morgan fingerprint density at radius 2 is 1.57 bits per heavy atom. The van der Waals surface area contributed by atoms with E-state index in [2.05, 4.69) is 36.5 Å². The average Bonchev–Trinajstić information content (AvgIpc) is 2.89. The van der Waals surface area contributed by atoms with Gasteiger partial charge in [-0.2, -0.15) is 0 Å². The Balaban J connectivity index is 1.64. The predicted molar refractivity (Wildman–Crippen MR) is 140 cm³/mol. The maximum atomic E-state index is 13.5. The zero-order chi connectivity index (χ0) is 24.8. The molecule has 0 radical (unpaired) electrons. The van der Waals surface area contributed by atoms with Crippen molar-refractivity contribution in [1.82, 2.24) is 4.57 Å². The highest BCUT2D eigenvalue weighted by molar-refractivity contribution is 5.92. The van der Waals surface area contributed by atoms with Crippen LogP contribution in [0.25, 0.3) is 10.9 Å². The van der Waals surface area contributed by atoms with E-state index < -0.39 is 0 Å². The lowest BCUT2D eigenvalue weighted by molar-refractivity contribution is -0.116. The molecule has 0 aliphatic rings. The van der Waals surface area contributed by atoms with Gasteiger partial charge in [0.25, 0.3) is 5.56 Å². The molecule has 35 heavy (non-hydrogen) atoms. The van der Waals surface area contributed by atoms with Gasteiger partial charge in [0.05, 0.1) is 19.7 Å². The number of amides is 1. The van der Waals surface area contributed by atoms with Crippen LogP contribution in [0.4, 0.5) is 5.69 Å². The maximum Gasteiger partial charge on any atom is 0.254 e. The van der Waals surface area contributed by atoms with Crippen LogP contribution >= 0.6 is 0 Å². The van der Waals surface area contributed by atoms with Crippen LogP contribution in [0.3, 0.4) is 0 Å². The Kier molecular flexibility index (Phi) is 7.51. The lowest BCUT2D eigenvalue weighted by atomic mass is 10.0. The summed E-state index contributed by atoms with van der Waals surface area (Å²) in [4.78, 5) is 26.5. The molecule has 0 atom stereocenters. The molecular weight excluding hydrogens is 440 g/mol. The van der Waals surface area contributed by atoms with Gasteiger partial charge < -0.3 is 14.8 Å². The van der Waals surface area contributed by atoms with Crippen LogP contribution in [0.15, 0.2) is 77.6 Å². The molecule has 0 aliphatic heterocycles. The molecular formula is C29H30N2O4. The SMILES string of the molecule is CCc1ccc(CCc2cc3ccc(OC)cc3n(CC(=O)Nc3cccc(OC)c3)c2=O)cc1. The van der Waals surface area contributed by atoms with Crippen molar-refractivity contribution in [2.24, 2.45) is 0 Å². The van der Waals surface area contributed by atoms with E-state index >= 15 is 0 Å². The third kappa shape index (κ3) is 5.72. The summed E-state index contributed by atoms with van der Waals surface area (Å²) in [6, 6.07) is 23.1. The summed E-state index contributed by atoms with van der Waals surface area (Å²) in [6.45, 7) is 2.02. The van der Waals surface area contributed by atoms with Crippen LogP contribution in [0, 0.1) is 0 Å². The van der Waals surface area contributed by atoms with Gasteiger partial charge >= 0.3 is 0 Å². The van der Waals surface area contributed by atoms with E-state index in [-0.39, 0.29) is 18.0 Å². The van der Waals surface area contributed by atoms with Crippen molar-refractivity contribution >= 4 is 22.5 Å². The lowest BCUT2D eigenvalue weighted by Crippen LogP contribution is -2.30. The number of pyridine rings is 1. The molecule has 0 saturated carbocycles. The van der Waals surface area contributed by atoms with Gasteiger partial charge in [-0.15, -0.1) is 0 Å². The number of methoxy groups -OCH3 is 2. The normalized spacial score (nSPS) is 10.8. The molecule has 6 heteroatoms. The van der Waals surface area contributed by atoms with E-state index in [1.54, 1.807) is 44.6 Å². The van der Waals surface area contributed by atoms with Crippen molar-refractivity contribution in [3.8, 4) is 11.5 Å². The highest BCUT2D eigenvalue weighted by Crippen LogP contribution is 2.22. The zero-order valence-electron chi connectivity index (χ0n) is 20.3. The second kappa shape index (κ2) is 10.9. The number of hydrogen-bond acceptors (Lipinski definition) is 4. The number of nitrogens with one attached hydrogen (secondary N) is 1. The first kappa shape index (κ1) is 24.1. The number of rotatable bonds is 9. The smallest absolute Gasteiger partial charge is 0.254 e. The molecule has 1 N–H and O–H groups in total. The zero-order valence-corrected chi connectivity index (χ0v) is 20.3. The molecule has 0 spiro atoms. The van der Waals surface area contributed by atoms with Crippen molar-refractivity contribution in [3.05, 3.63) is 99.8 Å². The van der Waals surface area contributed by atoms with Crippen molar-refractivity contribution < 1.29 is 14.3 Å². The van der Waals surface area contributed by atoms with Gasteiger partial charge in [0.1, 0.15) is 18.0 Å². The largest absolute Gasteiger partial charge is 0.497 e. The van der Waals surface area contributed by atoms with Crippen LogP contribution in [-0.4, -0.2) is 24.7 Å². The molecule has 0 aliphatic carbocycles. The van der Waals surface area contributed by atoms with Crippen molar-refractivity contribution in [3.63, 3.8) is 0 Å². The molecule has 6 nitrogen and oxygen atoms in total. The van der Waals surface area contributed by atoms with E-state index in [4.69, 9.17) is 9.47 Å². The molecule has 4 rings (SSSR count). The summed E-state index contributed by atoms with van der Waals surface area (Å²) < 4.78 is 12.1. The second-order valence-electron chi connectivity index (χ2n) is 8.44. The van der Waals surface area contributed by atoms with E-state index in [0.29, 0.717) is 34.7 Å². The Morgan fingerprint density at radius 3 is 2.29 bits per heavy atom. The number of carbonyl (C=O) groups is 1. The summed E-state index contributed by atoms with van der Waals surface area (Å²) in [5, 5.41) is 3.75. The fourth-order valence-electron chi connectivity index (χ4n) is 4.14. The first-order valence-electron chi connectivity index (χ1n) is 11.7. The van der Waals surface area contributed by atoms with Gasteiger partial charge in [0, 0.05) is 23.4 Å². The Morgan fingerprint density at radius 1 is 0.857 bits per heavy atom. The highest BCUT2D eigenvalue weighted by Gasteiger charge is 2.14. The lowest BCUT2D eigenvalue weighted by Gasteiger charge is -2.14. The molecule has 1 heterocycles. The number of carbonyl (C=O) groups excluding carboxylic acids is 1. The Labute approximate surface area is 205 Å². The van der Waals surface area contributed by atoms with Crippen molar-refractivity contribution in [2.75, 3.05) is 19.5 Å². The molecule has 1 amide bonds. The Bertz CT molecular complexity index is 1390. The average molecular weight is 471 g/mol. The highest BCUT2D eigenvalue weighted by atomic mass is 16.5. The number of aromatic nitrogens is 1. The van der Waals surface area contributed by atoms with Gasteiger partial charge in [-0.05, 0) is 66.1 Å². The number of anilines is 1. The fraction of sp³-hybridized carbons (Fsp3) is 0.241. The minimum Gasteiger partial charge on any atom is -0.497 e. The van der Waals surface area contributed by atoms with E-state index in [1.165, 1.54) is 15.7 Å². The van der Waals surface area contributed by atoms with Gasteiger partial charge in [0.15, 0.2) is 0 Å². The number of benzene rings is 3. The van der Waals surface area contributed by atoms with Crippen LogP contribution in [0.1, 0.15) is 23.6 Å². The molecule has 1 aromatic heterocycles. The first-order valence-corrected chi connectivity index (χ1v) is 11.7. The topological polar surface area (TPSA) is 69.6 Å². The van der Waals surface area contributed by atoms with Crippen LogP contribution in [-0.2, 0) is 30.6 Å². The summed E-state index contributed by atoms with van der Waals surface area (Å²) in [6.07, 6.45) is 2.33. The molecule has 0 bridgehead atoms. The predicted octanol–water partition coefficient (Wildman–Crippen LogP) is 5.01. The van der Waals surface area contributed by atoms with Gasteiger partial charge in [-0.25, -0.2) is 0 Å². The van der Waals surface area contributed by atoms with Crippen molar-refractivity contribution in [2.45, 2.75) is 32.7 Å². The summed E-state index contributed by atoms with van der Waals surface area (Å²) in [5.74, 6) is 0.975. The number of aryl methyl sites for hydroxylation is 3. The number of nitrogens with zero attached hydrogens (tertiary/aromatic N) is 1. The number of fused-ring (bicyclic) bond motifs is 1. The quantitative estimate of drug-likeness (QED) is 0.374. The van der Waals surface area contributed by atoms with Crippen LogP contribution < -0.4 is 20.3 Å². The molecule has 4 aromatic rings. The van der Waals surface area contributed by atoms with E-state index in [9.17, 15) is 9.59 Å². The third-order valence-electron chi connectivity index (χ3n) is 6.15. The van der Waals surface area contributed by atoms with Crippen molar-refractivity contribution in [1.29, 1.82) is 0 Å². The molecule has 0 unspecified atom stereocenters. The number of hydrogen-bond donors (Lipinski definition) is 1. The molecule has 3 aromatic carbocycles. The molecule has 0 fully saturated rings.